The molecule has 0 unspecified atom stereocenters. The summed E-state index contributed by atoms with van der Waals surface area (Å²) in [5.41, 5.74) is -0.117. The van der Waals surface area contributed by atoms with E-state index in [1.54, 1.807) is 6.26 Å². The number of aliphatic carboxylic acids is 1. The van der Waals surface area contributed by atoms with Crippen molar-refractivity contribution in [3.63, 3.8) is 0 Å². The smallest absolute Gasteiger partial charge is 0.327 e. The van der Waals surface area contributed by atoms with Gasteiger partial charge in [-0.2, -0.15) is 11.8 Å². The van der Waals surface area contributed by atoms with Gasteiger partial charge in [0, 0.05) is 30.1 Å². The Morgan fingerprint density at radius 1 is 1.53 bits per heavy atom. The van der Waals surface area contributed by atoms with E-state index in [9.17, 15) is 14.4 Å². The summed E-state index contributed by atoms with van der Waals surface area (Å²) < 4.78 is 1.45. The van der Waals surface area contributed by atoms with Crippen molar-refractivity contribution < 1.29 is 14.7 Å². The highest BCUT2D eigenvalue weighted by atomic mass is 32.2. The van der Waals surface area contributed by atoms with Crippen LogP contribution in [0.2, 0.25) is 0 Å². The second-order valence-electron chi connectivity index (χ2n) is 3.86. The van der Waals surface area contributed by atoms with E-state index in [-0.39, 0.29) is 16.9 Å². The fourth-order valence-corrected chi connectivity index (χ4v) is 2.05. The van der Waals surface area contributed by atoms with Crippen molar-refractivity contribution in [2.45, 2.75) is 19.5 Å². The number of rotatable bonds is 6. The van der Waals surface area contributed by atoms with Crippen LogP contribution < -0.4 is 10.9 Å². The standard InChI is InChI=1S/C12H16N2O4S/c1-3-14-5-4-8(6-10(14)15)11(16)13-9(7-19-2)12(17)18/h4-6,9H,3,7H2,1-2H3,(H,13,16)(H,17,18)/t9-/m0/s1. The fourth-order valence-electron chi connectivity index (χ4n) is 1.49. The van der Waals surface area contributed by atoms with Crippen LogP contribution in [0, 0.1) is 0 Å². The summed E-state index contributed by atoms with van der Waals surface area (Å²) in [7, 11) is 0. The van der Waals surface area contributed by atoms with Crippen molar-refractivity contribution in [2.75, 3.05) is 12.0 Å². The third-order valence-corrected chi connectivity index (χ3v) is 3.20. The number of carboxylic acid groups (broad SMARTS) is 1. The third-order valence-electron chi connectivity index (χ3n) is 2.54. The van der Waals surface area contributed by atoms with E-state index < -0.39 is 17.9 Å². The predicted molar refractivity (Wildman–Crippen MR) is 73.6 cm³/mol. The van der Waals surface area contributed by atoms with Crippen LogP contribution in [0.1, 0.15) is 17.3 Å². The Kier molecular flexibility index (Phi) is 5.62. The van der Waals surface area contributed by atoms with Crippen LogP contribution >= 0.6 is 11.8 Å². The van der Waals surface area contributed by atoms with Gasteiger partial charge in [-0.15, -0.1) is 0 Å². The number of aryl methyl sites for hydroxylation is 1. The van der Waals surface area contributed by atoms with E-state index in [2.05, 4.69) is 5.32 Å². The zero-order valence-electron chi connectivity index (χ0n) is 10.8. The minimum absolute atomic E-state index is 0.169. The first kappa shape index (κ1) is 15.3. The van der Waals surface area contributed by atoms with Crippen molar-refractivity contribution >= 4 is 23.6 Å². The highest BCUT2D eigenvalue weighted by molar-refractivity contribution is 7.98. The number of nitrogens with zero attached hydrogens (tertiary/aromatic N) is 1. The lowest BCUT2D eigenvalue weighted by atomic mass is 10.2. The average molecular weight is 284 g/mol. The highest BCUT2D eigenvalue weighted by Gasteiger charge is 2.20. The maximum absolute atomic E-state index is 11.9. The average Bonchev–Trinajstić information content (AvgIpc) is 2.37. The van der Waals surface area contributed by atoms with Gasteiger partial charge in [-0.1, -0.05) is 0 Å². The zero-order valence-corrected chi connectivity index (χ0v) is 11.6. The lowest BCUT2D eigenvalue weighted by Gasteiger charge is -2.13. The number of pyridine rings is 1. The Bertz CT molecular complexity index is 527. The Balaban J connectivity index is 2.85. The SMILES string of the molecule is CCn1ccc(C(=O)N[C@@H](CSC)C(=O)O)cc1=O. The number of aromatic nitrogens is 1. The molecule has 0 saturated heterocycles. The zero-order chi connectivity index (χ0) is 14.4. The van der Waals surface area contributed by atoms with Crippen LogP contribution in [-0.2, 0) is 11.3 Å². The van der Waals surface area contributed by atoms with E-state index in [1.165, 1.54) is 34.7 Å². The lowest BCUT2D eigenvalue weighted by Crippen LogP contribution is -2.42. The van der Waals surface area contributed by atoms with E-state index in [4.69, 9.17) is 5.11 Å². The number of carbonyl (C=O) groups excluding carboxylic acids is 1. The molecule has 1 rings (SSSR count). The summed E-state index contributed by atoms with van der Waals surface area (Å²) in [5.74, 6) is -1.38. The number of carboxylic acids is 1. The summed E-state index contributed by atoms with van der Waals surface area (Å²) >= 11 is 1.32. The topological polar surface area (TPSA) is 88.4 Å². The van der Waals surface area contributed by atoms with Crippen LogP contribution in [-0.4, -0.2) is 39.6 Å². The van der Waals surface area contributed by atoms with Gasteiger partial charge in [0.15, 0.2) is 0 Å². The van der Waals surface area contributed by atoms with Gasteiger partial charge in [0.1, 0.15) is 6.04 Å². The number of amides is 1. The number of hydrogen-bond acceptors (Lipinski definition) is 4. The first-order valence-electron chi connectivity index (χ1n) is 5.72. The first-order valence-corrected chi connectivity index (χ1v) is 7.12. The molecule has 6 nitrogen and oxygen atoms in total. The second kappa shape index (κ2) is 6.98. The first-order chi connectivity index (χ1) is 8.99. The summed E-state index contributed by atoms with van der Waals surface area (Å²) in [6, 6.07) is 1.74. The van der Waals surface area contributed by atoms with Crippen molar-refractivity contribution in [1.82, 2.24) is 9.88 Å². The molecule has 0 fully saturated rings. The van der Waals surface area contributed by atoms with Crippen LogP contribution in [0.15, 0.2) is 23.1 Å². The van der Waals surface area contributed by atoms with Gasteiger partial charge in [-0.25, -0.2) is 4.79 Å². The van der Waals surface area contributed by atoms with E-state index in [0.29, 0.717) is 6.54 Å². The molecule has 19 heavy (non-hydrogen) atoms. The summed E-state index contributed by atoms with van der Waals surface area (Å²) in [5, 5.41) is 11.3. The van der Waals surface area contributed by atoms with E-state index in [1.807, 2.05) is 6.92 Å². The predicted octanol–water partition coefficient (Wildman–Crippen LogP) is 0.414. The van der Waals surface area contributed by atoms with Crippen LogP contribution in [0.3, 0.4) is 0 Å². The minimum Gasteiger partial charge on any atom is -0.480 e. The second-order valence-corrected chi connectivity index (χ2v) is 4.77. The van der Waals surface area contributed by atoms with E-state index in [0.717, 1.165) is 0 Å². The van der Waals surface area contributed by atoms with Gasteiger partial charge < -0.3 is 15.0 Å². The van der Waals surface area contributed by atoms with Crippen LogP contribution in [0.25, 0.3) is 0 Å². The van der Waals surface area contributed by atoms with Gasteiger partial charge in [0.25, 0.3) is 11.5 Å². The Hall–Kier alpha value is -1.76. The monoisotopic (exact) mass is 284 g/mol. The lowest BCUT2D eigenvalue weighted by molar-refractivity contribution is -0.138. The summed E-state index contributed by atoms with van der Waals surface area (Å²) in [6.07, 6.45) is 3.27. The maximum atomic E-state index is 11.9. The van der Waals surface area contributed by atoms with Crippen molar-refractivity contribution in [3.05, 3.63) is 34.2 Å². The normalized spacial score (nSPS) is 11.9. The Labute approximate surface area is 114 Å². The minimum atomic E-state index is -1.09. The summed E-state index contributed by atoms with van der Waals surface area (Å²) in [6.45, 7) is 2.34. The molecule has 0 saturated carbocycles. The number of nitrogens with one attached hydrogen (secondary N) is 1. The van der Waals surface area contributed by atoms with Crippen molar-refractivity contribution in [1.29, 1.82) is 0 Å². The molecule has 2 N–H and O–H groups in total. The van der Waals surface area contributed by atoms with Crippen molar-refractivity contribution in [2.24, 2.45) is 0 Å². The molecule has 0 aliphatic rings. The number of thioether (sulfide) groups is 1. The molecule has 7 heteroatoms. The Morgan fingerprint density at radius 2 is 2.21 bits per heavy atom. The van der Waals surface area contributed by atoms with Gasteiger partial charge in [0.2, 0.25) is 0 Å². The molecular weight excluding hydrogens is 268 g/mol. The molecule has 104 valence electrons. The molecule has 0 aromatic carbocycles. The van der Waals surface area contributed by atoms with Crippen LogP contribution in [0.5, 0.6) is 0 Å². The molecule has 0 spiro atoms. The third kappa shape index (κ3) is 4.13. The van der Waals surface area contributed by atoms with Gasteiger partial charge >= 0.3 is 5.97 Å². The van der Waals surface area contributed by atoms with Gasteiger partial charge in [0.05, 0.1) is 0 Å². The molecule has 1 aromatic heterocycles. The molecule has 0 aliphatic carbocycles. The molecule has 0 aliphatic heterocycles. The van der Waals surface area contributed by atoms with Crippen LogP contribution in [0.4, 0.5) is 0 Å². The molecule has 0 bridgehead atoms. The fraction of sp³-hybridized carbons (Fsp3) is 0.417. The molecule has 1 atom stereocenters. The molecule has 1 amide bonds. The Morgan fingerprint density at radius 3 is 2.68 bits per heavy atom. The number of carbonyl (C=O) groups is 2. The molecule has 0 radical (unpaired) electrons. The van der Waals surface area contributed by atoms with Gasteiger partial charge in [-0.3, -0.25) is 9.59 Å². The molecule has 1 heterocycles. The molecular formula is C12H16N2O4S. The van der Waals surface area contributed by atoms with E-state index >= 15 is 0 Å². The number of hydrogen-bond donors (Lipinski definition) is 2. The molecule has 1 aromatic rings. The van der Waals surface area contributed by atoms with Gasteiger partial charge in [-0.05, 0) is 19.2 Å². The largest absolute Gasteiger partial charge is 0.480 e. The quantitative estimate of drug-likeness (QED) is 0.790. The van der Waals surface area contributed by atoms with Crippen molar-refractivity contribution in [3.8, 4) is 0 Å². The highest BCUT2D eigenvalue weighted by Crippen LogP contribution is 2.01. The maximum Gasteiger partial charge on any atom is 0.327 e. The summed E-state index contributed by atoms with van der Waals surface area (Å²) in [4.78, 5) is 34.4.